The molecule has 1 aromatic carbocycles. The fourth-order valence-corrected chi connectivity index (χ4v) is 2.37. The van der Waals surface area contributed by atoms with E-state index in [0.717, 1.165) is 25.1 Å². The molecule has 0 bridgehead atoms. The first kappa shape index (κ1) is 12.9. The molecule has 0 saturated heterocycles. The molecular formula is C15H14ClN3O. The molecular weight excluding hydrogens is 274 g/mol. The zero-order valence-electron chi connectivity index (χ0n) is 10.8. The molecule has 102 valence electrons. The average Bonchev–Trinajstić information content (AvgIpc) is 2.49. The van der Waals surface area contributed by atoms with E-state index in [1.807, 2.05) is 18.2 Å². The number of benzene rings is 1. The van der Waals surface area contributed by atoms with Crippen molar-refractivity contribution in [3.63, 3.8) is 0 Å². The highest BCUT2D eigenvalue weighted by Crippen LogP contribution is 2.23. The fourth-order valence-electron chi connectivity index (χ4n) is 2.25. The third-order valence-electron chi connectivity index (χ3n) is 3.27. The van der Waals surface area contributed by atoms with E-state index in [0.29, 0.717) is 16.4 Å². The van der Waals surface area contributed by atoms with Crippen LogP contribution in [0.25, 0.3) is 0 Å². The number of nitrogens with one attached hydrogen (secondary N) is 2. The first-order chi connectivity index (χ1) is 9.72. The second kappa shape index (κ2) is 5.51. The number of amides is 1. The summed E-state index contributed by atoms with van der Waals surface area (Å²) in [4.78, 5) is 16.2. The Morgan fingerprint density at radius 2 is 2.20 bits per heavy atom. The first-order valence-electron chi connectivity index (χ1n) is 6.52. The van der Waals surface area contributed by atoms with E-state index in [9.17, 15) is 4.79 Å². The second-order valence-electron chi connectivity index (χ2n) is 4.72. The van der Waals surface area contributed by atoms with Crippen LogP contribution in [-0.4, -0.2) is 17.4 Å². The summed E-state index contributed by atoms with van der Waals surface area (Å²) in [5, 5.41) is 6.63. The van der Waals surface area contributed by atoms with Crippen LogP contribution in [0.4, 0.5) is 11.5 Å². The van der Waals surface area contributed by atoms with Gasteiger partial charge in [-0.15, -0.1) is 0 Å². The molecule has 0 spiro atoms. The molecule has 20 heavy (non-hydrogen) atoms. The van der Waals surface area contributed by atoms with E-state index in [4.69, 9.17) is 11.6 Å². The predicted octanol–water partition coefficient (Wildman–Crippen LogP) is 3.35. The lowest BCUT2D eigenvalue weighted by Crippen LogP contribution is -2.16. The van der Waals surface area contributed by atoms with Gasteiger partial charge < -0.3 is 10.6 Å². The van der Waals surface area contributed by atoms with E-state index >= 15 is 0 Å². The molecule has 2 aromatic rings. The molecule has 0 saturated carbocycles. The normalized spacial score (nSPS) is 13.2. The Hall–Kier alpha value is -2.07. The summed E-state index contributed by atoms with van der Waals surface area (Å²) < 4.78 is 0. The minimum atomic E-state index is -0.159. The highest BCUT2D eigenvalue weighted by molar-refractivity contribution is 6.30. The van der Waals surface area contributed by atoms with Crippen molar-refractivity contribution in [1.29, 1.82) is 0 Å². The molecule has 0 atom stereocenters. The van der Waals surface area contributed by atoms with Crippen molar-refractivity contribution in [2.75, 3.05) is 17.2 Å². The number of fused-ring (bicyclic) bond motifs is 1. The maximum absolute atomic E-state index is 12.2. The molecule has 1 aliphatic rings. The molecule has 0 fully saturated rings. The Kier molecular flexibility index (Phi) is 3.56. The Labute approximate surface area is 122 Å². The van der Waals surface area contributed by atoms with Gasteiger partial charge in [0.1, 0.15) is 5.82 Å². The van der Waals surface area contributed by atoms with Gasteiger partial charge in [-0.1, -0.05) is 11.6 Å². The average molecular weight is 288 g/mol. The van der Waals surface area contributed by atoms with E-state index in [-0.39, 0.29) is 5.91 Å². The van der Waals surface area contributed by atoms with Crippen LogP contribution < -0.4 is 10.6 Å². The van der Waals surface area contributed by atoms with E-state index in [2.05, 4.69) is 15.6 Å². The summed E-state index contributed by atoms with van der Waals surface area (Å²) in [6, 6.07) is 9.09. The van der Waals surface area contributed by atoms with Crippen molar-refractivity contribution in [1.82, 2.24) is 4.98 Å². The molecule has 1 aromatic heterocycles. The standard InChI is InChI=1S/C15H14ClN3O/c16-12-4-6-14(18-9-12)19-15(20)11-3-5-13-10(8-11)2-1-7-17-13/h3-6,8-9,17H,1-2,7H2,(H,18,19,20). The van der Waals surface area contributed by atoms with Crippen molar-refractivity contribution >= 4 is 29.0 Å². The maximum Gasteiger partial charge on any atom is 0.256 e. The van der Waals surface area contributed by atoms with Gasteiger partial charge in [-0.3, -0.25) is 4.79 Å². The Bertz CT molecular complexity index is 640. The molecule has 5 heteroatoms. The van der Waals surface area contributed by atoms with Crippen LogP contribution in [-0.2, 0) is 6.42 Å². The SMILES string of the molecule is O=C(Nc1ccc(Cl)cn1)c1ccc2c(c1)CCCN2. The number of aryl methyl sites for hydroxylation is 1. The van der Waals surface area contributed by atoms with Gasteiger partial charge in [-0.25, -0.2) is 4.98 Å². The fraction of sp³-hybridized carbons (Fsp3) is 0.200. The number of aromatic nitrogens is 1. The number of nitrogens with zero attached hydrogens (tertiary/aromatic N) is 1. The Morgan fingerprint density at radius 3 is 3.00 bits per heavy atom. The van der Waals surface area contributed by atoms with Gasteiger partial charge in [0, 0.05) is 24.0 Å². The number of hydrogen-bond donors (Lipinski definition) is 2. The molecule has 3 rings (SSSR count). The zero-order chi connectivity index (χ0) is 13.9. The number of rotatable bonds is 2. The Morgan fingerprint density at radius 1 is 1.30 bits per heavy atom. The van der Waals surface area contributed by atoms with Gasteiger partial charge in [0.25, 0.3) is 5.91 Å². The van der Waals surface area contributed by atoms with Gasteiger partial charge in [0.15, 0.2) is 0 Å². The van der Waals surface area contributed by atoms with Crippen LogP contribution in [0.3, 0.4) is 0 Å². The molecule has 2 N–H and O–H groups in total. The summed E-state index contributed by atoms with van der Waals surface area (Å²) in [5.41, 5.74) is 2.95. The molecule has 0 unspecified atom stereocenters. The Balaban J connectivity index is 1.78. The van der Waals surface area contributed by atoms with Crippen molar-refractivity contribution in [3.8, 4) is 0 Å². The minimum Gasteiger partial charge on any atom is -0.385 e. The molecule has 1 amide bonds. The predicted molar refractivity (Wildman–Crippen MR) is 80.5 cm³/mol. The van der Waals surface area contributed by atoms with Gasteiger partial charge in [0.2, 0.25) is 0 Å². The van der Waals surface area contributed by atoms with Crippen LogP contribution in [0, 0.1) is 0 Å². The molecule has 2 heterocycles. The van der Waals surface area contributed by atoms with Gasteiger partial charge in [0.05, 0.1) is 5.02 Å². The lowest BCUT2D eigenvalue weighted by Gasteiger charge is -2.18. The van der Waals surface area contributed by atoms with E-state index in [1.165, 1.54) is 11.8 Å². The highest BCUT2D eigenvalue weighted by Gasteiger charge is 2.12. The summed E-state index contributed by atoms with van der Waals surface area (Å²) in [6.45, 7) is 0.993. The number of carbonyl (C=O) groups excluding carboxylic acids is 1. The third-order valence-corrected chi connectivity index (χ3v) is 3.50. The molecule has 0 radical (unpaired) electrons. The van der Waals surface area contributed by atoms with Crippen LogP contribution in [0.15, 0.2) is 36.5 Å². The molecule has 4 nitrogen and oxygen atoms in total. The number of hydrogen-bond acceptors (Lipinski definition) is 3. The van der Waals surface area contributed by atoms with E-state index < -0.39 is 0 Å². The monoisotopic (exact) mass is 287 g/mol. The lowest BCUT2D eigenvalue weighted by atomic mass is 10.0. The van der Waals surface area contributed by atoms with Crippen LogP contribution in [0.2, 0.25) is 5.02 Å². The largest absolute Gasteiger partial charge is 0.385 e. The molecule has 1 aliphatic heterocycles. The van der Waals surface area contributed by atoms with Gasteiger partial charge in [-0.2, -0.15) is 0 Å². The third kappa shape index (κ3) is 2.75. The van der Waals surface area contributed by atoms with Gasteiger partial charge >= 0.3 is 0 Å². The summed E-state index contributed by atoms with van der Waals surface area (Å²) in [7, 11) is 0. The van der Waals surface area contributed by atoms with Gasteiger partial charge in [-0.05, 0) is 48.7 Å². The lowest BCUT2D eigenvalue weighted by molar-refractivity contribution is 0.102. The van der Waals surface area contributed by atoms with E-state index in [1.54, 1.807) is 12.1 Å². The maximum atomic E-state index is 12.2. The first-order valence-corrected chi connectivity index (χ1v) is 6.90. The topological polar surface area (TPSA) is 54.0 Å². The van der Waals surface area contributed by atoms with Crippen molar-refractivity contribution in [2.24, 2.45) is 0 Å². The number of anilines is 2. The quantitative estimate of drug-likeness (QED) is 0.891. The number of halogens is 1. The van der Waals surface area contributed by atoms with Crippen LogP contribution >= 0.6 is 11.6 Å². The highest BCUT2D eigenvalue weighted by atomic mass is 35.5. The smallest absolute Gasteiger partial charge is 0.256 e. The summed E-state index contributed by atoms with van der Waals surface area (Å²) in [6.07, 6.45) is 3.60. The number of pyridine rings is 1. The van der Waals surface area contributed by atoms with Crippen molar-refractivity contribution in [3.05, 3.63) is 52.7 Å². The summed E-state index contributed by atoms with van der Waals surface area (Å²) in [5.74, 6) is 0.337. The van der Waals surface area contributed by atoms with Crippen molar-refractivity contribution < 1.29 is 4.79 Å². The van der Waals surface area contributed by atoms with Crippen molar-refractivity contribution in [2.45, 2.75) is 12.8 Å². The summed E-state index contributed by atoms with van der Waals surface area (Å²) >= 11 is 5.76. The second-order valence-corrected chi connectivity index (χ2v) is 5.15. The van der Waals surface area contributed by atoms with Crippen LogP contribution in [0.5, 0.6) is 0 Å². The number of carbonyl (C=O) groups is 1. The van der Waals surface area contributed by atoms with Crippen LogP contribution in [0.1, 0.15) is 22.3 Å². The zero-order valence-corrected chi connectivity index (χ0v) is 11.6. The molecule has 0 aliphatic carbocycles. The minimum absolute atomic E-state index is 0.159.